The minimum atomic E-state index is -0.0846. The molecule has 1 aromatic carbocycles. The average Bonchev–Trinajstić information content (AvgIpc) is 3.25. The van der Waals surface area contributed by atoms with Crippen molar-refractivity contribution in [1.82, 2.24) is 10.6 Å². The maximum atomic E-state index is 11.8. The van der Waals surface area contributed by atoms with Crippen molar-refractivity contribution in [1.29, 1.82) is 0 Å². The van der Waals surface area contributed by atoms with Crippen LogP contribution >= 0.6 is 0 Å². The molecule has 4 heteroatoms. The lowest BCUT2D eigenvalue weighted by atomic mass is 10.1. The molecular weight excluding hydrogens is 250 g/mol. The van der Waals surface area contributed by atoms with Gasteiger partial charge in [0.15, 0.2) is 0 Å². The molecule has 0 radical (unpaired) electrons. The molecule has 0 bridgehead atoms. The number of nitrogens with one attached hydrogen (secondary N) is 2. The first-order valence-electron chi connectivity index (χ1n) is 7.52. The summed E-state index contributed by atoms with van der Waals surface area (Å²) < 4.78 is 0. The molecule has 1 unspecified atom stereocenters. The van der Waals surface area contributed by atoms with Crippen LogP contribution in [-0.4, -0.2) is 31.1 Å². The molecule has 2 aliphatic rings. The molecule has 1 aliphatic heterocycles. The highest BCUT2D eigenvalue weighted by molar-refractivity contribution is 5.86. The van der Waals surface area contributed by atoms with Gasteiger partial charge in [-0.3, -0.25) is 4.79 Å². The maximum absolute atomic E-state index is 11.8. The number of anilines is 1. The summed E-state index contributed by atoms with van der Waals surface area (Å²) in [5.74, 6) is 0.119. The Morgan fingerprint density at radius 1 is 1.40 bits per heavy atom. The van der Waals surface area contributed by atoms with Crippen molar-refractivity contribution in [3.63, 3.8) is 0 Å². The second-order valence-electron chi connectivity index (χ2n) is 5.93. The van der Waals surface area contributed by atoms with E-state index in [2.05, 4.69) is 40.7 Å². The summed E-state index contributed by atoms with van der Waals surface area (Å²) in [7, 11) is 0. The normalized spacial score (nSPS) is 22.8. The molecule has 2 fully saturated rings. The Kier molecular flexibility index (Phi) is 3.66. The van der Waals surface area contributed by atoms with E-state index in [1.165, 1.54) is 24.0 Å². The second kappa shape index (κ2) is 5.44. The van der Waals surface area contributed by atoms with E-state index < -0.39 is 0 Å². The molecule has 3 rings (SSSR count). The Labute approximate surface area is 120 Å². The van der Waals surface area contributed by atoms with Gasteiger partial charge < -0.3 is 15.5 Å². The highest BCUT2D eigenvalue weighted by Gasteiger charge is 2.26. The highest BCUT2D eigenvalue weighted by atomic mass is 16.2. The van der Waals surface area contributed by atoms with E-state index in [0.29, 0.717) is 0 Å². The largest absolute Gasteiger partial charge is 0.358 e. The Hall–Kier alpha value is -1.55. The second-order valence-corrected chi connectivity index (χ2v) is 5.93. The van der Waals surface area contributed by atoms with Crippen molar-refractivity contribution in [2.75, 3.05) is 18.0 Å². The van der Waals surface area contributed by atoms with Crippen LogP contribution in [0.3, 0.4) is 0 Å². The van der Waals surface area contributed by atoms with E-state index in [0.717, 1.165) is 31.4 Å². The standard InChI is InChI=1S/C16H23N3O/c1-11-9-15(19-8-7-17-16(20)12(19)2)6-3-13(11)10-18-14-4-5-14/h3,6,9,12,14,18H,4-5,7-8,10H2,1-2H3,(H,17,20). The number of piperazine rings is 1. The number of rotatable bonds is 4. The van der Waals surface area contributed by atoms with E-state index in [1.807, 2.05) is 6.92 Å². The van der Waals surface area contributed by atoms with Gasteiger partial charge in [-0.1, -0.05) is 6.07 Å². The number of amides is 1. The van der Waals surface area contributed by atoms with Crippen molar-refractivity contribution in [2.24, 2.45) is 0 Å². The molecule has 2 N–H and O–H groups in total. The predicted molar refractivity (Wildman–Crippen MR) is 80.9 cm³/mol. The summed E-state index contributed by atoms with van der Waals surface area (Å²) in [6.07, 6.45) is 2.63. The summed E-state index contributed by atoms with van der Waals surface area (Å²) in [4.78, 5) is 13.9. The van der Waals surface area contributed by atoms with Crippen LogP contribution in [0, 0.1) is 6.92 Å². The Bertz CT molecular complexity index is 510. The van der Waals surface area contributed by atoms with Crippen LogP contribution in [0.2, 0.25) is 0 Å². The number of hydrogen-bond acceptors (Lipinski definition) is 3. The van der Waals surface area contributed by atoms with Crippen molar-refractivity contribution >= 4 is 11.6 Å². The third-order valence-electron chi connectivity index (χ3n) is 4.32. The maximum Gasteiger partial charge on any atom is 0.242 e. The molecule has 0 aromatic heterocycles. The van der Waals surface area contributed by atoms with Crippen molar-refractivity contribution in [3.05, 3.63) is 29.3 Å². The zero-order valence-corrected chi connectivity index (χ0v) is 12.3. The first-order chi connectivity index (χ1) is 9.65. The first kappa shape index (κ1) is 13.4. The topological polar surface area (TPSA) is 44.4 Å². The number of carbonyl (C=O) groups excluding carboxylic acids is 1. The molecule has 1 saturated heterocycles. The SMILES string of the molecule is Cc1cc(N2CCNC(=O)C2C)ccc1CNC1CC1. The smallest absolute Gasteiger partial charge is 0.242 e. The van der Waals surface area contributed by atoms with Crippen molar-refractivity contribution in [2.45, 2.75) is 45.3 Å². The summed E-state index contributed by atoms with van der Waals surface area (Å²) >= 11 is 0. The Morgan fingerprint density at radius 2 is 2.20 bits per heavy atom. The van der Waals surface area contributed by atoms with Gasteiger partial charge in [0, 0.05) is 31.4 Å². The summed E-state index contributed by atoms with van der Waals surface area (Å²) in [5, 5.41) is 6.46. The average molecular weight is 273 g/mol. The number of carbonyl (C=O) groups is 1. The van der Waals surface area contributed by atoms with E-state index in [9.17, 15) is 4.79 Å². The van der Waals surface area contributed by atoms with Crippen LogP contribution in [0.1, 0.15) is 30.9 Å². The Morgan fingerprint density at radius 3 is 2.90 bits per heavy atom. The monoisotopic (exact) mass is 273 g/mol. The van der Waals surface area contributed by atoms with Gasteiger partial charge in [-0.15, -0.1) is 0 Å². The summed E-state index contributed by atoms with van der Waals surface area (Å²) in [6.45, 7) is 6.68. The lowest BCUT2D eigenvalue weighted by Gasteiger charge is -2.35. The zero-order chi connectivity index (χ0) is 14.1. The fourth-order valence-corrected chi connectivity index (χ4v) is 2.73. The van der Waals surface area contributed by atoms with Gasteiger partial charge >= 0.3 is 0 Å². The Balaban J connectivity index is 1.73. The summed E-state index contributed by atoms with van der Waals surface area (Å²) in [5.41, 5.74) is 3.81. The molecule has 1 aromatic rings. The lowest BCUT2D eigenvalue weighted by Crippen LogP contribution is -2.54. The number of benzene rings is 1. The van der Waals surface area contributed by atoms with Gasteiger partial charge in [0.1, 0.15) is 6.04 Å². The van der Waals surface area contributed by atoms with E-state index in [1.54, 1.807) is 0 Å². The summed E-state index contributed by atoms with van der Waals surface area (Å²) in [6, 6.07) is 7.20. The molecule has 108 valence electrons. The van der Waals surface area contributed by atoms with Gasteiger partial charge in [-0.25, -0.2) is 0 Å². The van der Waals surface area contributed by atoms with Gasteiger partial charge in [0.2, 0.25) is 5.91 Å². The van der Waals surface area contributed by atoms with Gasteiger partial charge in [-0.2, -0.15) is 0 Å². The molecular formula is C16H23N3O. The number of aryl methyl sites for hydroxylation is 1. The molecule has 1 heterocycles. The third kappa shape index (κ3) is 2.80. The number of hydrogen-bond donors (Lipinski definition) is 2. The molecule has 1 aliphatic carbocycles. The molecule has 1 saturated carbocycles. The van der Waals surface area contributed by atoms with Gasteiger partial charge in [0.05, 0.1) is 0 Å². The van der Waals surface area contributed by atoms with Crippen LogP contribution in [0.15, 0.2) is 18.2 Å². The highest BCUT2D eigenvalue weighted by Crippen LogP contribution is 2.24. The van der Waals surface area contributed by atoms with E-state index in [4.69, 9.17) is 0 Å². The third-order valence-corrected chi connectivity index (χ3v) is 4.32. The molecule has 4 nitrogen and oxygen atoms in total. The molecule has 1 amide bonds. The predicted octanol–water partition coefficient (Wildman–Crippen LogP) is 1.57. The van der Waals surface area contributed by atoms with E-state index in [-0.39, 0.29) is 11.9 Å². The molecule has 1 atom stereocenters. The fourth-order valence-electron chi connectivity index (χ4n) is 2.73. The van der Waals surface area contributed by atoms with Crippen LogP contribution < -0.4 is 15.5 Å². The zero-order valence-electron chi connectivity index (χ0n) is 12.3. The van der Waals surface area contributed by atoms with Crippen molar-refractivity contribution < 1.29 is 4.79 Å². The quantitative estimate of drug-likeness (QED) is 0.875. The minimum absolute atomic E-state index is 0.0846. The minimum Gasteiger partial charge on any atom is -0.358 e. The fraction of sp³-hybridized carbons (Fsp3) is 0.562. The van der Waals surface area contributed by atoms with Crippen LogP contribution in [0.4, 0.5) is 5.69 Å². The first-order valence-corrected chi connectivity index (χ1v) is 7.52. The lowest BCUT2D eigenvalue weighted by molar-refractivity contribution is -0.122. The van der Waals surface area contributed by atoms with Gasteiger partial charge in [-0.05, 0) is 49.9 Å². The van der Waals surface area contributed by atoms with E-state index >= 15 is 0 Å². The van der Waals surface area contributed by atoms with Gasteiger partial charge in [0.25, 0.3) is 0 Å². The number of nitrogens with zero attached hydrogens (tertiary/aromatic N) is 1. The van der Waals surface area contributed by atoms with Crippen LogP contribution in [0.5, 0.6) is 0 Å². The molecule has 0 spiro atoms. The van der Waals surface area contributed by atoms with Crippen LogP contribution in [-0.2, 0) is 11.3 Å². The van der Waals surface area contributed by atoms with Crippen LogP contribution in [0.25, 0.3) is 0 Å². The molecule has 20 heavy (non-hydrogen) atoms. The van der Waals surface area contributed by atoms with Crippen molar-refractivity contribution in [3.8, 4) is 0 Å².